The monoisotopic (exact) mass is 406 g/mol. The molecule has 2 aromatic carbocycles. The molecule has 0 atom stereocenters. The third-order valence-corrected chi connectivity index (χ3v) is 5.26. The Labute approximate surface area is 163 Å². The summed E-state index contributed by atoms with van der Waals surface area (Å²) < 4.78 is 37.2. The second kappa shape index (κ2) is 9.34. The van der Waals surface area contributed by atoms with E-state index in [0.717, 1.165) is 0 Å². The van der Waals surface area contributed by atoms with Crippen molar-refractivity contribution >= 4 is 27.6 Å². The molecule has 0 unspecified atom stereocenters. The highest BCUT2D eigenvalue weighted by Crippen LogP contribution is 2.26. The van der Waals surface area contributed by atoms with Crippen molar-refractivity contribution in [2.24, 2.45) is 0 Å². The highest BCUT2D eigenvalue weighted by Gasteiger charge is 2.21. The molecule has 0 aliphatic carbocycles. The summed E-state index contributed by atoms with van der Waals surface area (Å²) in [6, 6.07) is 10.3. The minimum Gasteiger partial charge on any atom is -0.492 e. The number of hydrogen-bond donors (Lipinski definition) is 2. The third-order valence-electron chi connectivity index (χ3n) is 3.69. The molecule has 0 bridgehead atoms. The number of esters is 1. The zero-order chi connectivity index (χ0) is 20.7. The van der Waals surface area contributed by atoms with E-state index in [-0.39, 0.29) is 29.4 Å². The van der Waals surface area contributed by atoms with Crippen LogP contribution in [0, 0.1) is 0 Å². The molecular weight excluding hydrogens is 384 g/mol. The molecule has 0 heterocycles. The van der Waals surface area contributed by atoms with Gasteiger partial charge in [-0.05, 0) is 49.4 Å². The summed E-state index contributed by atoms with van der Waals surface area (Å²) in [7, 11) is -2.54. The zero-order valence-corrected chi connectivity index (χ0v) is 16.6. The molecule has 28 heavy (non-hydrogen) atoms. The molecule has 0 aliphatic rings. The number of sulfonamides is 1. The first-order valence-corrected chi connectivity index (χ1v) is 10.1. The summed E-state index contributed by atoms with van der Waals surface area (Å²) in [6.07, 6.45) is 0. The van der Waals surface area contributed by atoms with Gasteiger partial charge in [-0.1, -0.05) is 6.92 Å². The Morgan fingerprint density at radius 1 is 1.00 bits per heavy atom. The van der Waals surface area contributed by atoms with Crippen LogP contribution >= 0.6 is 0 Å². The molecule has 1 amide bonds. The number of methoxy groups -OCH3 is 1. The van der Waals surface area contributed by atoms with Gasteiger partial charge in [0.2, 0.25) is 10.0 Å². The molecule has 0 fully saturated rings. The average molecular weight is 406 g/mol. The van der Waals surface area contributed by atoms with Gasteiger partial charge >= 0.3 is 5.97 Å². The standard InChI is InChI=1S/C19H22N2O6S/c1-4-20-28(24,25)17-12-14(8-11-16(17)27-5-2)18(22)21-15-9-6-13(7-10-15)19(23)26-3/h6-12,20H,4-5H2,1-3H3,(H,21,22). The van der Waals surface area contributed by atoms with Crippen LogP contribution in [0.15, 0.2) is 47.4 Å². The lowest BCUT2D eigenvalue weighted by atomic mass is 10.1. The lowest BCUT2D eigenvalue weighted by Gasteiger charge is -2.13. The molecule has 0 radical (unpaired) electrons. The smallest absolute Gasteiger partial charge is 0.337 e. The molecule has 150 valence electrons. The molecule has 0 aliphatic heterocycles. The van der Waals surface area contributed by atoms with Crippen molar-refractivity contribution < 1.29 is 27.5 Å². The minimum absolute atomic E-state index is 0.107. The summed E-state index contributed by atoms with van der Waals surface area (Å²) in [4.78, 5) is 23.9. The number of nitrogens with one attached hydrogen (secondary N) is 2. The van der Waals surface area contributed by atoms with E-state index in [1.807, 2.05) is 0 Å². The quantitative estimate of drug-likeness (QED) is 0.652. The van der Waals surface area contributed by atoms with Crippen LogP contribution in [0.2, 0.25) is 0 Å². The van der Waals surface area contributed by atoms with Crippen molar-refractivity contribution in [3.63, 3.8) is 0 Å². The Morgan fingerprint density at radius 2 is 1.64 bits per heavy atom. The normalized spacial score (nSPS) is 11.0. The first kappa shape index (κ1) is 21.4. The van der Waals surface area contributed by atoms with E-state index in [1.165, 1.54) is 37.4 Å². The molecule has 9 heteroatoms. The lowest BCUT2D eigenvalue weighted by molar-refractivity contribution is 0.0600. The van der Waals surface area contributed by atoms with Crippen molar-refractivity contribution in [2.45, 2.75) is 18.7 Å². The van der Waals surface area contributed by atoms with E-state index in [1.54, 1.807) is 26.0 Å². The number of carbonyl (C=O) groups excluding carboxylic acids is 2. The predicted octanol–water partition coefficient (Wildman–Crippen LogP) is 2.42. The van der Waals surface area contributed by atoms with Gasteiger partial charge in [0.25, 0.3) is 5.91 Å². The van der Waals surface area contributed by atoms with E-state index in [9.17, 15) is 18.0 Å². The Morgan fingerprint density at radius 3 is 2.21 bits per heavy atom. The Balaban J connectivity index is 2.29. The molecular formula is C19H22N2O6S. The number of carbonyl (C=O) groups is 2. The first-order valence-electron chi connectivity index (χ1n) is 8.58. The van der Waals surface area contributed by atoms with Crippen LogP contribution in [0.5, 0.6) is 5.75 Å². The zero-order valence-electron chi connectivity index (χ0n) is 15.8. The Bertz CT molecular complexity index is 955. The van der Waals surface area contributed by atoms with E-state index in [0.29, 0.717) is 11.3 Å². The molecule has 0 saturated heterocycles. The largest absolute Gasteiger partial charge is 0.492 e. The van der Waals surface area contributed by atoms with Gasteiger partial charge in [-0.2, -0.15) is 0 Å². The molecule has 0 spiro atoms. The van der Waals surface area contributed by atoms with Crippen molar-refractivity contribution in [1.29, 1.82) is 0 Å². The Hall–Kier alpha value is -2.91. The second-order valence-corrected chi connectivity index (χ2v) is 7.35. The van der Waals surface area contributed by atoms with Crippen LogP contribution in [-0.4, -0.2) is 40.6 Å². The maximum absolute atomic E-state index is 12.5. The van der Waals surface area contributed by atoms with Crippen LogP contribution in [0.4, 0.5) is 5.69 Å². The van der Waals surface area contributed by atoms with Crippen LogP contribution < -0.4 is 14.8 Å². The van der Waals surface area contributed by atoms with Crippen molar-refractivity contribution in [2.75, 3.05) is 25.6 Å². The van der Waals surface area contributed by atoms with Crippen LogP contribution in [0.1, 0.15) is 34.6 Å². The molecule has 2 N–H and O–H groups in total. The van der Waals surface area contributed by atoms with Gasteiger partial charge < -0.3 is 14.8 Å². The second-order valence-electron chi connectivity index (χ2n) is 5.62. The van der Waals surface area contributed by atoms with E-state index in [2.05, 4.69) is 14.8 Å². The molecule has 0 aromatic heterocycles. The number of anilines is 1. The number of ether oxygens (including phenoxy) is 2. The van der Waals surface area contributed by atoms with Gasteiger partial charge in [-0.25, -0.2) is 17.9 Å². The minimum atomic E-state index is -3.82. The first-order chi connectivity index (χ1) is 13.3. The SMILES string of the molecule is CCNS(=O)(=O)c1cc(C(=O)Nc2ccc(C(=O)OC)cc2)ccc1OCC. The summed E-state index contributed by atoms with van der Waals surface area (Å²) in [5.41, 5.74) is 0.945. The van der Waals surface area contributed by atoms with Gasteiger partial charge in [-0.15, -0.1) is 0 Å². The maximum atomic E-state index is 12.5. The average Bonchev–Trinajstić information content (AvgIpc) is 2.68. The van der Waals surface area contributed by atoms with Crippen molar-refractivity contribution in [1.82, 2.24) is 4.72 Å². The number of rotatable bonds is 8. The molecule has 8 nitrogen and oxygen atoms in total. The number of hydrogen-bond acceptors (Lipinski definition) is 6. The van der Waals surface area contributed by atoms with Crippen LogP contribution in [-0.2, 0) is 14.8 Å². The van der Waals surface area contributed by atoms with Crippen molar-refractivity contribution in [3.8, 4) is 5.75 Å². The van der Waals surface area contributed by atoms with Gasteiger partial charge in [0.15, 0.2) is 0 Å². The highest BCUT2D eigenvalue weighted by molar-refractivity contribution is 7.89. The summed E-state index contributed by atoms with van der Waals surface area (Å²) in [5.74, 6) is -0.813. The van der Waals surface area contributed by atoms with Gasteiger partial charge in [0.05, 0.1) is 19.3 Å². The number of benzene rings is 2. The molecule has 0 saturated carbocycles. The predicted molar refractivity (Wildman–Crippen MR) is 104 cm³/mol. The van der Waals surface area contributed by atoms with E-state index < -0.39 is 21.9 Å². The van der Waals surface area contributed by atoms with Crippen molar-refractivity contribution in [3.05, 3.63) is 53.6 Å². The summed E-state index contributed by atoms with van der Waals surface area (Å²) in [5, 5.41) is 2.66. The highest BCUT2D eigenvalue weighted by atomic mass is 32.2. The fraction of sp³-hybridized carbons (Fsp3) is 0.263. The fourth-order valence-corrected chi connectivity index (χ4v) is 3.62. The summed E-state index contributed by atoms with van der Waals surface area (Å²) >= 11 is 0. The summed E-state index contributed by atoms with van der Waals surface area (Å²) in [6.45, 7) is 3.89. The topological polar surface area (TPSA) is 111 Å². The Kier molecular flexibility index (Phi) is 7.13. The van der Waals surface area contributed by atoms with E-state index in [4.69, 9.17) is 4.74 Å². The molecule has 2 aromatic rings. The van der Waals surface area contributed by atoms with E-state index >= 15 is 0 Å². The number of amides is 1. The van der Waals surface area contributed by atoms with Gasteiger partial charge in [0.1, 0.15) is 10.6 Å². The van der Waals surface area contributed by atoms with Gasteiger partial charge in [0, 0.05) is 17.8 Å². The third kappa shape index (κ3) is 5.08. The fourth-order valence-electron chi connectivity index (χ4n) is 2.41. The maximum Gasteiger partial charge on any atom is 0.337 e. The molecule has 2 rings (SSSR count). The lowest BCUT2D eigenvalue weighted by Crippen LogP contribution is -2.24. The van der Waals surface area contributed by atoms with Crippen LogP contribution in [0.3, 0.4) is 0 Å². The van der Waals surface area contributed by atoms with Crippen LogP contribution in [0.25, 0.3) is 0 Å². The van der Waals surface area contributed by atoms with Gasteiger partial charge in [-0.3, -0.25) is 4.79 Å².